The summed E-state index contributed by atoms with van der Waals surface area (Å²) in [6, 6.07) is 13.3. The molecule has 0 saturated heterocycles. The molecule has 0 radical (unpaired) electrons. The number of hydrogen-bond acceptors (Lipinski definition) is 4. The number of amides is 1. The zero-order chi connectivity index (χ0) is 19.1. The highest BCUT2D eigenvalue weighted by atomic mass is 16.6. The highest BCUT2D eigenvalue weighted by Crippen LogP contribution is 2.18. The number of hydrogen-bond donors (Lipinski definition) is 1. The standard InChI is InChI=1S/C21H25NO4/c1-14(2)17-6-8-18(9-7-17)25-13-21(24)26-12-20(23)22-19-10-5-15(3)11-16(19)4/h5-11,14H,12-13H2,1-4H3,(H,22,23). The summed E-state index contributed by atoms with van der Waals surface area (Å²) in [6.07, 6.45) is 0. The number of aryl methyl sites for hydroxylation is 2. The van der Waals surface area contributed by atoms with Gasteiger partial charge in [-0.1, -0.05) is 43.7 Å². The summed E-state index contributed by atoms with van der Waals surface area (Å²) in [5, 5.41) is 2.73. The third-order valence-electron chi connectivity index (χ3n) is 3.92. The smallest absolute Gasteiger partial charge is 0.344 e. The van der Waals surface area contributed by atoms with Crippen LogP contribution in [0, 0.1) is 13.8 Å². The monoisotopic (exact) mass is 355 g/mol. The van der Waals surface area contributed by atoms with Crippen molar-refractivity contribution in [1.82, 2.24) is 0 Å². The van der Waals surface area contributed by atoms with Crippen molar-refractivity contribution in [2.75, 3.05) is 18.5 Å². The molecule has 0 bridgehead atoms. The van der Waals surface area contributed by atoms with Crippen molar-refractivity contribution in [1.29, 1.82) is 0 Å². The number of esters is 1. The maximum atomic E-state index is 11.9. The van der Waals surface area contributed by atoms with E-state index in [0.29, 0.717) is 17.4 Å². The average molecular weight is 355 g/mol. The molecule has 5 heteroatoms. The molecular weight excluding hydrogens is 330 g/mol. The maximum Gasteiger partial charge on any atom is 0.344 e. The van der Waals surface area contributed by atoms with E-state index in [2.05, 4.69) is 19.2 Å². The van der Waals surface area contributed by atoms with E-state index >= 15 is 0 Å². The van der Waals surface area contributed by atoms with E-state index in [9.17, 15) is 9.59 Å². The summed E-state index contributed by atoms with van der Waals surface area (Å²) in [6.45, 7) is 7.52. The number of carbonyl (C=O) groups excluding carboxylic acids is 2. The van der Waals surface area contributed by atoms with Gasteiger partial charge in [0.2, 0.25) is 0 Å². The molecule has 2 aromatic rings. The number of carbonyl (C=O) groups is 2. The van der Waals surface area contributed by atoms with Crippen LogP contribution in [0.4, 0.5) is 5.69 Å². The molecule has 0 aliphatic rings. The highest BCUT2D eigenvalue weighted by molar-refractivity contribution is 5.93. The topological polar surface area (TPSA) is 64.6 Å². The van der Waals surface area contributed by atoms with Crippen LogP contribution in [0.1, 0.15) is 36.5 Å². The summed E-state index contributed by atoms with van der Waals surface area (Å²) in [5.41, 5.74) is 3.98. The van der Waals surface area contributed by atoms with Gasteiger partial charge in [0.1, 0.15) is 5.75 Å². The summed E-state index contributed by atoms with van der Waals surface area (Å²) >= 11 is 0. The molecule has 0 aliphatic heterocycles. The van der Waals surface area contributed by atoms with Gasteiger partial charge in [-0.15, -0.1) is 0 Å². The molecule has 2 rings (SSSR count). The molecule has 0 fully saturated rings. The molecule has 0 saturated carbocycles. The fraction of sp³-hybridized carbons (Fsp3) is 0.333. The van der Waals surface area contributed by atoms with Gasteiger partial charge in [0.05, 0.1) is 0 Å². The minimum absolute atomic E-state index is 0.238. The van der Waals surface area contributed by atoms with E-state index in [4.69, 9.17) is 9.47 Å². The normalized spacial score (nSPS) is 10.5. The minimum Gasteiger partial charge on any atom is -0.482 e. The lowest BCUT2D eigenvalue weighted by Crippen LogP contribution is -2.24. The Balaban J connectivity index is 1.74. The van der Waals surface area contributed by atoms with Crippen LogP contribution in [0.2, 0.25) is 0 Å². The van der Waals surface area contributed by atoms with E-state index in [0.717, 1.165) is 11.1 Å². The van der Waals surface area contributed by atoms with Crippen molar-refractivity contribution in [2.45, 2.75) is 33.6 Å². The minimum atomic E-state index is -0.589. The van der Waals surface area contributed by atoms with E-state index in [1.807, 2.05) is 56.3 Å². The van der Waals surface area contributed by atoms with Crippen molar-refractivity contribution in [3.63, 3.8) is 0 Å². The zero-order valence-corrected chi connectivity index (χ0v) is 15.7. The first-order valence-corrected chi connectivity index (χ1v) is 8.60. The highest BCUT2D eigenvalue weighted by Gasteiger charge is 2.10. The molecule has 138 valence electrons. The van der Waals surface area contributed by atoms with Crippen LogP contribution in [0.25, 0.3) is 0 Å². The molecule has 0 aliphatic carbocycles. The Morgan fingerprint density at radius 2 is 1.69 bits per heavy atom. The van der Waals surface area contributed by atoms with Crippen LogP contribution < -0.4 is 10.1 Å². The van der Waals surface area contributed by atoms with E-state index in [1.54, 1.807) is 0 Å². The zero-order valence-electron chi connectivity index (χ0n) is 15.7. The molecule has 0 heterocycles. The number of rotatable bonds is 7. The SMILES string of the molecule is Cc1ccc(NC(=O)COC(=O)COc2ccc(C(C)C)cc2)c(C)c1. The molecule has 5 nitrogen and oxygen atoms in total. The Bertz CT molecular complexity index is 766. The first-order chi connectivity index (χ1) is 12.3. The van der Waals surface area contributed by atoms with Crippen molar-refractivity contribution < 1.29 is 19.1 Å². The molecule has 1 N–H and O–H groups in total. The molecular formula is C21H25NO4. The Labute approximate surface area is 154 Å². The van der Waals surface area contributed by atoms with E-state index in [1.165, 1.54) is 5.56 Å². The third kappa shape index (κ3) is 5.92. The summed E-state index contributed by atoms with van der Waals surface area (Å²) in [7, 11) is 0. The van der Waals surface area contributed by atoms with Crippen LogP contribution in [0.5, 0.6) is 5.75 Å². The Kier molecular flexibility index (Phi) is 6.78. The second-order valence-electron chi connectivity index (χ2n) is 6.54. The van der Waals surface area contributed by atoms with Gasteiger partial charge in [0.25, 0.3) is 5.91 Å². The van der Waals surface area contributed by atoms with Crippen LogP contribution in [-0.2, 0) is 14.3 Å². The van der Waals surface area contributed by atoms with Crippen LogP contribution in [0.3, 0.4) is 0 Å². The molecule has 0 atom stereocenters. The Hall–Kier alpha value is -2.82. The third-order valence-corrected chi connectivity index (χ3v) is 3.92. The summed E-state index contributed by atoms with van der Waals surface area (Å²) in [4.78, 5) is 23.6. The van der Waals surface area contributed by atoms with Crippen LogP contribution >= 0.6 is 0 Å². The number of anilines is 1. The van der Waals surface area contributed by atoms with Gasteiger partial charge in [0, 0.05) is 5.69 Å². The second kappa shape index (κ2) is 9.04. The largest absolute Gasteiger partial charge is 0.482 e. The molecule has 0 unspecified atom stereocenters. The number of ether oxygens (including phenoxy) is 2. The Morgan fingerprint density at radius 1 is 1.00 bits per heavy atom. The lowest BCUT2D eigenvalue weighted by atomic mass is 10.0. The predicted molar refractivity (Wildman–Crippen MR) is 102 cm³/mol. The van der Waals surface area contributed by atoms with E-state index in [-0.39, 0.29) is 19.1 Å². The van der Waals surface area contributed by atoms with Crippen molar-refractivity contribution >= 4 is 17.6 Å². The predicted octanol–water partition coefficient (Wildman–Crippen LogP) is 3.99. The molecule has 0 aromatic heterocycles. The van der Waals surface area contributed by atoms with E-state index < -0.39 is 5.97 Å². The van der Waals surface area contributed by atoms with Gasteiger partial charge in [-0.3, -0.25) is 4.79 Å². The number of nitrogens with one attached hydrogen (secondary N) is 1. The molecule has 26 heavy (non-hydrogen) atoms. The fourth-order valence-electron chi connectivity index (χ4n) is 2.42. The lowest BCUT2D eigenvalue weighted by molar-refractivity contribution is -0.149. The van der Waals surface area contributed by atoms with Crippen LogP contribution in [0.15, 0.2) is 42.5 Å². The van der Waals surface area contributed by atoms with Crippen LogP contribution in [-0.4, -0.2) is 25.1 Å². The second-order valence-corrected chi connectivity index (χ2v) is 6.54. The number of benzene rings is 2. The van der Waals surface area contributed by atoms with Gasteiger partial charge in [0.15, 0.2) is 13.2 Å². The van der Waals surface area contributed by atoms with Crippen molar-refractivity contribution in [2.24, 2.45) is 0 Å². The van der Waals surface area contributed by atoms with Gasteiger partial charge in [-0.05, 0) is 49.1 Å². The van der Waals surface area contributed by atoms with Gasteiger partial charge >= 0.3 is 5.97 Å². The fourth-order valence-corrected chi connectivity index (χ4v) is 2.42. The molecule has 0 spiro atoms. The van der Waals surface area contributed by atoms with Gasteiger partial charge < -0.3 is 14.8 Å². The van der Waals surface area contributed by atoms with Gasteiger partial charge in [-0.25, -0.2) is 4.79 Å². The Morgan fingerprint density at radius 3 is 2.31 bits per heavy atom. The first-order valence-electron chi connectivity index (χ1n) is 8.60. The lowest BCUT2D eigenvalue weighted by Gasteiger charge is -2.10. The summed E-state index contributed by atoms with van der Waals surface area (Å²) < 4.78 is 10.3. The summed E-state index contributed by atoms with van der Waals surface area (Å²) in [5.74, 6) is 0.0519. The average Bonchev–Trinajstić information content (AvgIpc) is 2.61. The van der Waals surface area contributed by atoms with Gasteiger partial charge in [-0.2, -0.15) is 0 Å². The van der Waals surface area contributed by atoms with Crippen molar-refractivity contribution in [3.05, 3.63) is 59.2 Å². The molecule has 2 aromatic carbocycles. The van der Waals surface area contributed by atoms with Crippen molar-refractivity contribution in [3.8, 4) is 5.75 Å². The quantitative estimate of drug-likeness (QED) is 0.763. The first kappa shape index (κ1) is 19.5. The molecule has 1 amide bonds. The maximum absolute atomic E-state index is 11.9.